The number of rotatable bonds is 6. The van der Waals surface area contributed by atoms with Gasteiger partial charge in [-0.2, -0.15) is 0 Å². The summed E-state index contributed by atoms with van der Waals surface area (Å²) in [5.41, 5.74) is 0. The fourth-order valence-corrected chi connectivity index (χ4v) is 0.408. The molecule has 0 aromatic rings. The van der Waals surface area contributed by atoms with Crippen molar-refractivity contribution in [2.45, 2.75) is 0 Å². The first-order valence-corrected chi connectivity index (χ1v) is 5.18. The molecule has 0 N–H and O–H groups in total. The molecule has 12 nitrogen and oxygen atoms in total. The van der Waals surface area contributed by atoms with E-state index in [9.17, 15) is 59.4 Å². The van der Waals surface area contributed by atoms with E-state index in [2.05, 4.69) is 0 Å². The number of carboxylic acid groups (broad SMARTS) is 6. The molecule has 0 aromatic heterocycles. The molecule has 25 heavy (non-hydrogen) atoms. The van der Waals surface area contributed by atoms with Gasteiger partial charge in [0.1, 0.15) is 0 Å². The summed E-state index contributed by atoms with van der Waals surface area (Å²) in [6, 6.07) is 0. The van der Waals surface area contributed by atoms with Crippen LogP contribution in [0.1, 0.15) is 0 Å². The van der Waals surface area contributed by atoms with Crippen LogP contribution in [-0.2, 0) is 28.8 Å². The molecule has 0 aromatic carbocycles. The predicted molar refractivity (Wildman–Crippen MR) is 57.5 cm³/mol. The third-order valence-corrected chi connectivity index (χ3v) is 1.07. The molecule has 0 aliphatic rings. The summed E-state index contributed by atoms with van der Waals surface area (Å²) in [6.07, 6.45) is 2.31. The van der Waals surface area contributed by atoms with Crippen molar-refractivity contribution in [1.82, 2.24) is 0 Å². The molecule has 136 valence electrons. The van der Waals surface area contributed by atoms with Gasteiger partial charge in [0, 0.05) is 40.8 Å². The van der Waals surface area contributed by atoms with Crippen molar-refractivity contribution in [3.8, 4) is 0 Å². The average molecular weight is 486 g/mol. The van der Waals surface area contributed by atoms with Crippen LogP contribution < -0.4 is 30.6 Å². The number of carbonyl (C=O) groups excluding carboxylic acids is 6. The van der Waals surface area contributed by atoms with Crippen LogP contribution in [0.25, 0.3) is 0 Å². The van der Waals surface area contributed by atoms with Gasteiger partial charge in [-0.15, -0.1) is 0 Å². The number of aliphatic carboxylic acids is 6. The standard InChI is InChI=1S/3C4H4O4.Nd/c3*5-3(6)1-2-4(7)8;/h3*1-2H,(H,5,6)(H,7,8);/p-6/b3*2-1-;. The van der Waals surface area contributed by atoms with Crippen LogP contribution in [0.3, 0.4) is 0 Å². The topological polar surface area (TPSA) is 241 Å². The van der Waals surface area contributed by atoms with E-state index in [-0.39, 0.29) is 40.8 Å². The summed E-state index contributed by atoms with van der Waals surface area (Å²) in [4.78, 5) is 56.5. The van der Waals surface area contributed by atoms with E-state index >= 15 is 0 Å². The quantitative estimate of drug-likeness (QED) is 0.318. The van der Waals surface area contributed by atoms with E-state index in [1.165, 1.54) is 0 Å². The van der Waals surface area contributed by atoms with E-state index in [4.69, 9.17) is 0 Å². The third-order valence-electron chi connectivity index (χ3n) is 1.07. The van der Waals surface area contributed by atoms with E-state index in [0.29, 0.717) is 36.5 Å². The van der Waals surface area contributed by atoms with Crippen molar-refractivity contribution >= 4 is 35.8 Å². The summed E-state index contributed by atoms with van der Waals surface area (Å²) in [5.74, 6) is -9.28. The molecule has 0 aliphatic heterocycles. The second-order valence-electron chi connectivity index (χ2n) is 2.91. The molecule has 0 radical (unpaired) electrons. The Kier molecular flexibility index (Phi) is 23.6. The Hall–Kier alpha value is -2.61. The first-order chi connectivity index (χ1) is 10.9. The molecular weight excluding hydrogens is 480 g/mol. The first-order valence-electron chi connectivity index (χ1n) is 5.18. The zero-order valence-electron chi connectivity index (χ0n) is 11.9. The van der Waals surface area contributed by atoms with Gasteiger partial charge in [0.25, 0.3) is 0 Å². The van der Waals surface area contributed by atoms with E-state index < -0.39 is 35.8 Å². The summed E-state index contributed by atoms with van der Waals surface area (Å²) in [5, 5.41) is 56.5. The Morgan fingerprint density at radius 1 is 0.360 bits per heavy atom. The van der Waals surface area contributed by atoms with Gasteiger partial charge < -0.3 is 59.4 Å². The first kappa shape index (κ1) is 30.3. The van der Waals surface area contributed by atoms with Crippen LogP contribution in [-0.4, -0.2) is 35.8 Å². The van der Waals surface area contributed by atoms with Crippen molar-refractivity contribution in [2.24, 2.45) is 0 Å². The number of hydrogen-bond donors (Lipinski definition) is 0. The smallest absolute Gasteiger partial charge is 0.0643 e. The summed E-state index contributed by atoms with van der Waals surface area (Å²) >= 11 is 0. The summed E-state index contributed by atoms with van der Waals surface area (Å²) in [7, 11) is 0. The van der Waals surface area contributed by atoms with Crippen molar-refractivity contribution in [3.05, 3.63) is 36.5 Å². The molecule has 0 saturated carbocycles. The van der Waals surface area contributed by atoms with Crippen molar-refractivity contribution < 1.29 is 100 Å². The van der Waals surface area contributed by atoms with Gasteiger partial charge >= 0.3 is 0 Å². The van der Waals surface area contributed by atoms with Gasteiger partial charge in [-0.05, 0) is 36.5 Å². The zero-order valence-corrected chi connectivity index (χ0v) is 15.1. The molecule has 0 bridgehead atoms. The largest absolute Gasteiger partial charge is 0.545 e. The molecule has 0 saturated heterocycles. The Balaban J connectivity index is -0.000000130. The minimum atomic E-state index is -1.55. The van der Waals surface area contributed by atoms with Crippen molar-refractivity contribution in [2.75, 3.05) is 0 Å². The normalized spacial score (nSPS) is 9.12. The second kappa shape index (κ2) is 19.4. The van der Waals surface area contributed by atoms with Gasteiger partial charge in [0.15, 0.2) is 0 Å². The van der Waals surface area contributed by atoms with Gasteiger partial charge in [-0.1, -0.05) is 0 Å². The minimum absolute atomic E-state index is 0. The van der Waals surface area contributed by atoms with Gasteiger partial charge in [0.2, 0.25) is 0 Å². The van der Waals surface area contributed by atoms with Crippen LogP contribution in [0.4, 0.5) is 0 Å². The minimum Gasteiger partial charge on any atom is -0.545 e. The maximum atomic E-state index is 9.41. The third kappa shape index (κ3) is 52.4. The van der Waals surface area contributed by atoms with Crippen LogP contribution >= 0.6 is 0 Å². The molecule has 0 atom stereocenters. The number of hydrogen-bond acceptors (Lipinski definition) is 12. The Labute approximate surface area is 171 Å². The summed E-state index contributed by atoms with van der Waals surface area (Å²) in [6.45, 7) is 0. The molecule has 0 amide bonds. The maximum Gasteiger partial charge on any atom is 0.0643 e. The van der Waals surface area contributed by atoms with Crippen LogP contribution in [0.5, 0.6) is 0 Å². The molecule has 0 fully saturated rings. The SMILES string of the molecule is O=C([O-])/C=C\C(=O)[O-].O=C([O-])/C=C\C(=O)[O-].O=C([O-])/C=C\C(=O)[O-].[Nd]. The molecule has 13 heteroatoms. The Morgan fingerprint density at radius 3 is 0.480 bits per heavy atom. The number of carboxylic acids is 6. The second-order valence-corrected chi connectivity index (χ2v) is 2.91. The van der Waals surface area contributed by atoms with Gasteiger partial charge in [-0.3, -0.25) is 0 Å². The van der Waals surface area contributed by atoms with Crippen molar-refractivity contribution in [1.29, 1.82) is 0 Å². The molecule has 0 spiro atoms. The fraction of sp³-hybridized carbons (Fsp3) is 0. The molecule has 0 heterocycles. The molecule has 0 rings (SSSR count). The van der Waals surface area contributed by atoms with Crippen LogP contribution in [0.15, 0.2) is 36.5 Å². The van der Waals surface area contributed by atoms with Gasteiger partial charge in [0.05, 0.1) is 35.8 Å². The van der Waals surface area contributed by atoms with Crippen LogP contribution in [0, 0.1) is 40.8 Å². The zero-order chi connectivity index (χ0) is 19.7. The molecule has 0 aliphatic carbocycles. The molecule has 0 unspecified atom stereocenters. The fourth-order valence-electron chi connectivity index (χ4n) is 0.408. The average Bonchev–Trinajstić information content (AvgIpc) is 2.42. The van der Waals surface area contributed by atoms with Crippen molar-refractivity contribution in [3.63, 3.8) is 0 Å². The monoisotopic (exact) mass is 484 g/mol. The van der Waals surface area contributed by atoms with Gasteiger partial charge in [-0.25, -0.2) is 0 Å². The van der Waals surface area contributed by atoms with E-state index in [1.807, 2.05) is 0 Å². The molecular formula is C12H6NdO12-6. The summed E-state index contributed by atoms with van der Waals surface area (Å²) < 4.78 is 0. The van der Waals surface area contributed by atoms with E-state index in [0.717, 1.165) is 0 Å². The Morgan fingerprint density at radius 2 is 0.440 bits per heavy atom. The predicted octanol–water partition coefficient (Wildman–Crippen LogP) is -8.87. The number of carbonyl (C=O) groups is 6. The maximum absolute atomic E-state index is 9.41. The van der Waals surface area contributed by atoms with Crippen LogP contribution in [0.2, 0.25) is 0 Å². The Bertz CT molecular complexity index is 444. The van der Waals surface area contributed by atoms with E-state index in [1.54, 1.807) is 0 Å².